The fraction of sp³-hybridized carbons (Fsp3) is 0.174. The van der Waals surface area contributed by atoms with Gasteiger partial charge in [-0.05, 0) is 35.7 Å². The number of hydrogen-bond donors (Lipinski definition) is 1. The predicted octanol–water partition coefficient (Wildman–Crippen LogP) is 4.97. The molecule has 27 heavy (non-hydrogen) atoms. The number of carbonyl (C=O) groups excluding carboxylic acids is 1. The SMILES string of the molecule is CC[S@](=O)c1ccccc1C(=O)N[C@@H](C)c1ccc(-c2ccccc2)cc1. The summed E-state index contributed by atoms with van der Waals surface area (Å²) in [7, 11) is -1.17. The molecule has 0 aliphatic rings. The van der Waals surface area contributed by atoms with Crippen molar-refractivity contribution in [3.05, 3.63) is 90.0 Å². The molecule has 0 aliphatic heterocycles. The molecule has 0 unspecified atom stereocenters. The van der Waals surface area contributed by atoms with E-state index in [0.717, 1.165) is 16.7 Å². The number of benzene rings is 3. The number of nitrogens with one attached hydrogen (secondary N) is 1. The summed E-state index contributed by atoms with van der Waals surface area (Å²) in [5.41, 5.74) is 3.81. The largest absolute Gasteiger partial charge is 0.345 e. The van der Waals surface area contributed by atoms with Crippen LogP contribution in [0.4, 0.5) is 0 Å². The average Bonchev–Trinajstić information content (AvgIpc) is 2.73. The van der Waals surface area contributed by atoms with E-state index in [9.17, 15) is 9.00 Å². The maximum absolute atomic E-state index is 12.7. The second-order valence-electron chi connectivity index (χ2n) is 6.31. The Morgan fingerprint density at radius 1 is 0.889 bits per heavy atom. The monoisotopic (exact) mass is 377 g/mol. The molecular weight excluding hydrogens is 354 g/mol. The van der Waals surface area contributed by atoms with Crippen molar-refractivity contribution < 1.29 is 9.00 Å². The highest BCUT2D eigenvalue weighted by Crippen LogP contribution is 2.22. The quantitative estimate of drug-likeness (QED) is 0.659. The molecule has 0 aliphatic carbocycles. The zero-order valence-electron chi connectivity index (χ0n) is 15.5. The summed E-state index contributed by atoms with van der Waals surface area (Å²) in [6.07, 6.45) is 0. The lowest BCUT2D eigenvalue weighted by molar-refractivity contribution is 0.0936. The molecule has 1 N–H and O–H groups in total. The molecule has 0 bridgehead atoms. The molecular formula is C23H23NO2S. The topological polar surface area (TPSA) is 46.2 Å². The second kappa shape index (κ2) is 8.78. The normalized spacial score (nSPS) is 13.0. The minimum absolute atomic E-state index is 0.148. The first-order valence-corrected chi connectivity index (χ1v) is 10.4. The van der Waals surface area contributed by atoms with E-state index in [1.165, 1.54) is 0 Å². The maximum atomic E-state index is 12.7. The third-order valence-electron chi connectivity index (χ3n) is 4.50. The summed E-state index contributed by atoms with van der Waals surface area (Å²) in [6.45, 7) is 3.80. The van der Waals surface area contributed by atoms with Gasteiger partial charge in [0, 0.05) is 5.75 Å². The van der Waals surface area contributed by atoms with Gasteiger partial charge in [0.1, 0.15) is 0 Å². The van der Waals surface area contributed by atoms with E-state index < -0.39 is 10.8 Å². The van der Waals surface area contributed by atoms with Gasteiger partial charge in [-0.25, -0.2) is 0 Å². The molecule has 0 spiro atoms. The first-order chi connectivity index (χ1) is 13.1. The molecule has 0 radical (unpaired) electrons. The van der Waals surface area contributed by atoms with Gasteiger partial charge in [-0.3, -0.25) is 9.00 Å². The fourth-order valence-electron chi connectivity index (χ4n) is 2.96. The van der Waals surface area contributed by atoms with E-state index in [1.807, 2.05) is 50.2 Å². The third-order valence-corrected chi connectivity index (χ3v) is 5.88. The van der Waals surface area contributed by atoms with Crippen LogP contribution in [0.25, 0.3) is 11.1 Å². The first-order valence-electron chi connectivity index (χ1n) is 9.03. The Labute approximate surface area is 162 Å². The fourth-order valence-corrected chi connectivity index (χ4v) is 3.91. The van der Waals surface area contributed by atoms with E-state index in [0.29, 0.717) is 16.2 Å². The van der Waals surface area contributed by atoms with Crippen molar-refractivity contribution in [1.82, 2.24) is 5.32 Å². The van der Waals surface area contributed by atoms with Crippen LogP contribution < -0.4 is 5.32 Å². The van der Waals surface area contributed by atoms with Gasteiger partial charge in [0.15, 0.2) is 0 Å². The minimum atomic E-state index is -1.17. The Morgan fingerprint density at radius 3 is 2.15 bits per heavy atom. The molecule has 0 saturated carbocycles. The van der Waals surface area contributed by atoms with E-state index in [-0.39, 0.29) is 11.9 Å². The Bertz CT molecular complexity index is 936. The average molecular weight is 378 g/mol. The van der Waals surface area contributed by atoms with E-state index in [2.05, 4.69) is 29.6 Å². The van der Waals surface area contributed by atoms with E-state index in [4.69, 9.17) is 0 Å². The lowest BCUT2D eigenvalue weighted by atomic mass is 10.0. The van der Waals surface area contributed by atoms with Crippen molar-refractivity contribution in [1.29, 1.82) is 0 Å². The zero-order chi connectivity index (χ0) is 19.2. The molecule has 2 atom stereocenters. The number of rotatable bonds is 6. The van der Waals surface area contributed by atoms with Crippen LogP contribution in [0.15, 0.2) is 83.8 Å². The van der Waals surface area contributed by atoms with Crippen LogP contribution in [0.3, 0.4) is 0 Å². The number of amides is 1. The third kappa shape index (κ3) is 4.52. The van der Waals surface area contributed by atoms with Crippen molar-refractivity contribution in [2.24, 2.45) is 0 Å². The Kier molecular flexibility index (Phi) is 6.20. The number of carbonyl (C=O) groups is 1. The van der Waals surface area contributed by atoms with Gasteiger partial charge >= 0.3 is 0 Å². The Morgan fingerprint density at radius 2 is 1.48 bits per heavy atom. The van der Waals surface area contributed by atoms with Crippen LogP contribution in [0.5, 0.6) is 0 Å². The zero-order valence-corrected chi connectivity index (χ0v) is 16.3. The van der Waals surface area contributed by atoms with Gasteiger partial charge in [-0.15, -0.1) is 0 Å². The van der Waals surface area contributed by atoms with Crippen LogP contribution in [0, 0.1) is 0 Å². The molecule has 0 aromatic heterocycles. The maximum Gasteiger partial charge on any atom is 0.252 e. The molecule has 3 aromatic rings. The molecule has 0 fully saturated rings. The van der Waals surface area contributed by atoms with Gasteiger partial charge in [0.2, 0.25) is 0 Å². The van der Waals surface area contributed by atoms with Crippen LogP contribution in [0.2, 0.25) is 0 Å². The standard InChI is InChI=1S/C23H23NO2S/c1-3-27(26)22-12-8-7-11-21(22)23(25)24-17(2)18-13-15-20(16-14-18)19-9-5-4-6-10-19/h4-17H,3H2,1-2H3,(H,24,25)/t17-,27-/m0/s1. The predicted molar refractivity (Wildman–Crippen MR) is 111 cm³/mol. The lowest BCUT2D eigenvalue weighted by Crippen LogP contribution is -2.27. The van der Waals surface area contributed by atoms with Gasteiger partial charge in [-0.1, -0.05) is 73.7 Å². The molecule has 0 heterocycles. The summed E-state index contributed by atoms with van der Waals surface area (Å²) in [4.78, 5) is 13.3. The van der Waals surface area contributed by atoms with Crippen molar-refractivity contribution in [2.45, 2.75) is 24.8 Å². The second-order valence-corrected chi connectivity index (χ2v) is 8.02. The molecule has 3 nitrogen and oxygen atoms in total. The Balaban J connectivity index is 1.75. The van der Waals surface area contributed by atoms with Gasteiger partial charge in [-0.2, -0.15) is 0 Å². The summed E-state index contributed by atoms with van der Waals surface area (Å²) in [6, 6.07) is 25.3. The lowest BCUT2D eigenvalue weighted by Gasteiger charge is -2.16. The number of hydrogen-bond acceptors (Lipinski definition) is 2. The van der Waals surface area contributed by atoms with Crippen molar-refractivity contribution in [3.8, 4) is 11.1 Å². The summed E-state index contributed by atoms with van der Waals surface area (Å²) < 4.78 is 12.2. The summed E-state index contributed by atoms with van der Waals surface area (Å²) in [5.74, 6) is 0.285. The highest BCUT2D eigenvalue weighted by atomic mass is 32.2. The summed E-state index contributed by atoms with van der Waals surface area (Å²) in [5, 5.41) is 3.02. The van der Waals surface area contributed by atoms with Crippen molar-refractivity contribution >= 4 is 16.7 Å². The van der Waals surface area contributed by atoms with Gasteiger partial charge < -0.3 is 5.32 Å². The molecule has 138 valence electrons. The van der Waals surface area contributed by atoms with Crippen molar-refractivity contribution in [3.63, 3.8) is 0 Å². The Hall–Kier alpha value is -2.72. The molecule has 3 rings (SSSR count). The van der Waals surface area contributed by atoms with E-state index in [1.54, 1.807) is 18.2 Å². The van der Waals surface area contributed by atoms with Crippen LogP contribution in [0.1, 0.15) is 35.8 Å². The highest BCUT2D eigenvalue weighted by Gasteiger charge is 2.17. The smallest absolute Gasteiger partial charge is 0.252 e. The van der Waals surface area contributed by atoms with Crippen LogP contribution in [-0.4, -0.2) is 15.9 Å². The highest BCUT2D eigenvalue weighted by molar-refractivity contribution is 7.85. The minimum Gasteiger partial charge on any atom is -0.345 e. The molecule has 3 aromatic carbocycles. The van der Waals surface area contributed by atoms with Crippen LogP contribution in [-0.2, 0) is 10.8 Å². The van der Waals surface area contributed by atoms with Crippen LogP contribution >= 0.6 is 0 Å². The summed E-state index contributed by atoms with van der Waals surface area (Å²) >= 11 is 0. The van der Waals surface area contributed by atoms with Gasteiger partial charge in [0.25, 0.3) is 5.91 Å². The first kappa shape index (κ1) is 19.1. The van der Waals surface area contributed by atoms with Gasteiger partial charge in [0.05, 0.1) is 27.3 Å². The molecule has 1 amide bonds. The molecule has 4 heteroatoms. The molecule has 0 saturated heterocycles. The van der Waals surface area contributed by atoms with E-state index >= 15 is 0 Å². The van der Waals surface area contributed by atoms with Crippen molar-refractivity contribution in [2.75, 3.05) is 5.75 Å².